The minimum absolute atomic E-state index is 0.545. The molecule has 1 rings (SSSR count). The summed E-state index contributed by atoms with van der Waals surface area (Å²) in [6.07, 6.45) is 1.03. The molecule has 0 heterocycles. The van der Waals surface area contributed by atoms with Gasteiger partial charge in [-0.3, -0.25) is 0 Å². The average Bonchev–Trinajstić information content (AvgIpc) is 2.25. The Hall–Kier alpha value is -0.570. The highest BCUT2D eigenvalue weighted by Crippen LogP contribution is 2.15. The maximum atomic E-state index is 6.01. The summed E-state index contributed by atoms with van der Waals surface area (Å²) in [7, 11) is 0. The van der Waals surface area contributed by atoms with Gasteiger partial charge in [-0.1, -0.05) is 43.6 Å². The Kier molecular flexibility index (Phi) is 6.46. The molecule has 1 aromatic rings. The lowest BCUT2D eigenvalue weighted by atomic mass is 10.2. The summed E-state index contributed by atoms with van der Waals surface area (Å²) in [5, 5.41) is 4.13. The molecule has 0 fully saturated rings. The molecular weight excluding hydrogens is 222 g/mol. The van der Waals surface area contributed by atoms with Gasteiger partial charge < -0.3 is 10.1 Å². The smallest absolute Gasteiger partial charge is 0.0731 e. The normalized spacial score (nSPS) is 11.0. The van der Waals surface area contributed by atoms with E-state index in [0.29, 0.717) is 12.6 Å². The van der Waals surface area contributed by atoms with Crippen LogP contribution in [0.15, 0.2) is 24.3 Å². The summed E-state index contributed by atoms with van der Waals surface area (Å²) in [6.45, 7) is 6.65. The Morgan fingerprint density at radius 1 is 1.31 bits per heavy atom. The molecule has 90 valence electrons. The number of benzene rings is 1. The molecule has 1 aromatic carbocycles. The Labute approximate surface area is 103 Å². The number of nitrogens with one attached hydrogen (secondary N) is 1. The molecule has 0 aromatic heterocycles. The van der Waals surface area contributed by atoms with E-state index >= 15 is 0 Å². The van der Waals surface area contributed by atoms with Gasteiger partial charge in [0.1, 0.15) is 0 Å². The molecule has 0 amide bonds. The molecule has 1 N–H and O–H groups in total. The molecule has 16 heavy (non-hydrogen) atoms. The molecule has 0 saturated carbocycles. The van der Waals surface area contributed by atoms with Gasteiger partial charge >= 0.3 is 0 Å². The molecule has 0 spiro atoms. The van der Waals surface area contributed by atoms with Gasteiger partial charge in [0.05, 0.1) is 6.61 Å². The van der Waals surface area contributed by atoms with Crippen LogP contribution in [0.4, 0.5) is 0 Å². The molecule has 0 bridgehead atoms. The number of hydrogen-bond donors (Lipinski definition) is 1. The van der Waals surface area contributed by atoms with E-state index < -0.39 is 0 Å². The van der Waals surface area contributed by atoms with Crippen molar-refractivity contribution >= 4 is 11.6 Å². The van der Waals surface area contributed by atoms with Crippen molar-refractivity contribution in [2.24, 2.45) is 0 Å². The molecule has 0 unspecified atom stereocenters. The van der Waals surface area contributed by atoms with Gasteiger partial charge in [-0.15, -0.1) is 0 Å². The lowest BCUT2D eigenvalue weighted by molar-refractivity contribution is 0.118. The van der Waals surface area contributed by atoms with E-state index in [1.54, 1.807) is 0 Å². The number of rotatable bonds is 7. The van der Waals surface area contributed by atoms with Gasteiger partial charge in [-0.2, -0.15) is 0 Å². The zero-order chi connectivity index (χ0) is 11.8. The third-order valence-electron chi connectivity index (χ3n) is 2.23. The quantitative estimate of drug-likeness (QED) is 0.740. The summed E-state index contributed by atoms with van der Waals surface area (Å²) in [4.78, 5) is 0. The van der Waals surface area contributed by atoms with Crippen molar-refractivity contribution in [3.05, 3.63) is 34.9 Å². The highest BCUT2D eigenvalue weighted by molar-refractivity contribution is 6.31. The van der Waals surface area contributed by atoms with Crippen LogP contribution in [-0.2, 0) is 11.3 Å². The SMILES string of the molecule is CC(C)NCCCOCc1ccccc1Cl. The summed E-state index contributed by atoms with van der Waals surface area (Å²) in [6, 6.07) is 8.34. The van der Waals surface area contributed by atoms with Crippen LogP contribution in [0.1, 0.15) is 25.8 Å². The Balaban J connectivity index is 2.10. The van der Waals surface area contributed by atoms with E-state index in [0.717, 1.165) is 30.2 Å². The standard InChI is InChI=1S/C13H20ClNO/c1-11(2)15-8-5-9-16-10-12-6-3-4-7-13(12)14/h3-4,6-7,11,15H,5,8-10H2,1-2H3. The minimum atomic E-state index is 0.545. The molecule has 3 heteroatoms. The van der Waals surface area contributed by atoms with E-state index in [-0.39, 0.29) is 0 Å². The minimum Gasteiger partial charge on any atom is -0.377 e. The van der Waals surface area contributed by atoms with Crippen LogP contribution in [0.25, 0.3) is 0 Å². The monoisotopic (exact) mass is 241 g/mol. The molecular formula is C13H20ClNO. The largest absolute Gasteiger partial charge is 0.377 e. The fourth-order valence-electron chi connectivity index (χ4n) is 1.36. The van der Waals surface area contributed by atoms with Crippen LogP contribution >= 0.6 is 11.6 Å². The van der Waals surface area contributed by atoms with Gasteiger partial charge in [0.2, 0.25) is 0 Å². The maximum Gasteiger partial charge on any atom is 0.0731 e. The van der Waals surface area contributed by atoms with E-state index in [9.17, 15) is 0 Å². The van der Waals surface area contributed by atoms with Crippen LogP contribution in [0.2, 0.25) is 5.02 Å². The van der Waals surface area contributed by atoms with Crippen LogP contribution < -0.4 is 5.32 Å². The van der Waals surface area contributed by atoms with E-state index in [4.69, 9.17) is 16.3 Å². The second kappa shape index (κ2) is 7.66. The molecule has 2 nitrogen and oxygen atoms in total. The number of hydrogen-bond acceptors (Lipinski definition) is 2. The zero-order valence-corrected chi connectivity index (χ0v) is 10.8. The van der Waals surface area contributed by atoms with Gasteiger partial charge in [-0.05, 0) is 24.6 Å². The fraction of sp³-hybridized carbons (Fsp3) is 0.538. The predicted molar refractivity (Wildman–Crippen MR) is 68.9 cm³/mol. The van der Waals surface area contributed by atoms with Crippen molar-refractivity contribution in [3.8, 4) is 0 Å². The van der Waals surface area contributed by atoms with Crippen LogP contribution in [0, 0.1) is 0 Å². The van der Waals surface area contributed by atoms with Crippen molar-refractivity contribution < 1.29 is 4.74 Å². The fourth-order valence-corrected chi connectivity index (χ4v) is 1.55. The second-order valence-electron chi connectivity index (χ2n) is 4.11. The lowest BCUT2D eigenvalue weighted by Crippen LogP contribution is -2.24. The Bertz CT molecular complexity index is 302. The molecule has 0 saturated heterocycles. The predicted octanol–water partition coefficient (Wildman–Crippen LogP) is 3.24. The molecule has 0 aliphatic rings. The van der Waals surface area contributed by atoms with E-state index in [1.165, 1.54) is 0 Å². The number of ether oxygens (including phenoxy) is 1. The van der Waals surface area contributed by atoms with Gasteiger partial charge in [0.15, 0.2) is 0 Å². The highest BCUT2D eigenvalue weighted by Gasteiger charge is 1.98. The third kappa shape index (κ3) is 5.50. The van der Waals surface area contributed by atoms with Gasteiger partial charge in [0.25, 0.3) is 0 Å². The Morgan fingerprint density at radius 2 is 2.06 bits per heavy atom. The first kappa shape index (κ1) is 13.5. The van der Waals surface area contributed by atoms with Crippen molar-refractivity contribution in [2.45, 2.75) is 32.9 Å². The third-order valence-corrected chi connectivity index (χ3v) is 2.60. The first-order chi connectivity index (χ1) is 7.70. The summed E-state index contributed by atoms with van der Waals surface area (Å²) >= 11 is 6.01. The first-order valence-corrected chi connectivity index (χ1v) is 6.12. The van der Waals surface area contributed by atoms with Crippen molar-refractivity contribution in [1.29, 1.82) is 0 Å². The molecule has 0 atom stereocenters. The lowest BCUT2D eigenvalue weighted by Gasteiger charge is -2.08. The van der Waals surface area contributed by atoms with Gasteiger partial charge in [0, 0.05) is 17.7 Å². The molecule has 0 aliphatic carbocycles. The van der Waals surface area contributed by atoms with E-state index in [1.807, 2.05) is 24.3 Å². The Morgan fingerprint density at radius 3 is 2.75 bits per heavy atom. The average molecular weight is 242 g/mol. The zero-order valence-electron chi connectivity index (χ0n) is 10.0. The second-order valence-corrected chi connectivity index (χ2v) is 4.51. The first-order valence-electron chi connectivity index (χ1n) is 5.74. The summed E-state index contributed by atoms with van der Waals surface area (Å²) in [5.41, 5.74) is 1.06. The van der Waals surface area contributed by atoms with Crippen LogP contribution in [0.5, 0.6) is 0 Å². The van der Waals surface area contributed by atoms with Crippen molar-refractivity contribution in [3.63, 3.8) is 0 Å². The van der Waals surface area contributed by atoms with Gasteiger partial charge in [-0.25, -0.2) is 0 Å². The summed E-state index contributed by atoms with van der Waals surface area (Å²) < 4.78 is 5.56. The van der Waals surface area contributed by atoms with Crippen LogP contribution in [0.3, 0.4) is 0 Å². The van der Waals surface area contributed by atoms with Crippen molar-refractivity contribution in [1.82, 2.24) is 5.32 Å². The molecule has 0 aliphatic heterocycles. The number of halogens is 1. The van der Waals surface area contributed by atoms with E-state index in [2.05, 4.69) is 19.2 Å². The topological polar surface area (TPSA) is 21.3 Å². The summed E-state index contributed by atoms with van der Waals surface area (Å²) in [5.74, 6) is 0. The maximum absolute atomic E-state index is 6.01. The highest BCUT2D eigenvalue weighted by atomic mass is 35.5. The van der Waals surface area contributed by atoms with Crippen LogP contribution in [-0.4, -0.2) is 19.2 Å². The van der Waals surface area contributed by atoms with Crippen molar-refractivity contribution in [2.75, 3.05) is 13.2 Å². The molecule has 0 radical (unpaired) electrons.